The van der Waals surface area contributed by atoms with Gasteiger partial charge in [0.1, 0.15) is 0 Å². The second kappa shape index (κ2) is 9.94. The highest BCUT2D eigenvalue weighted by Gasteiger charge is 2.25. The number of hydrogen-bond acceptors (Lipinski definition) is 3. The maximum atomic E-state index is 10.9. The average Bonchev–Trinajstić information content (AvgIpc) is 2.27. The van der Waals surface area contributed by atoms with Crippen molar-refractivity contribution in [1.29, 1.82) is 0 Å². The molecule has 0 aromatic carbocycles. The molecule has 0 saturated heterocycles. The molecule has 0 rings (SSSR count). The van der Waals surface area contributed by atoms with Crippen LogP contribution in [0.2, 0.25) is 0 Å². The summed E-state index contributed by atoms with van der Waals surface area (Å²) in [5.41, 5.74) is 0. The standard InChI is InChI=1S/C12H21O6P.ClH/c1-7(10(13)14)4-19(5-8(2)11(15)16)6-9(3)12(17)18;/h7-9H,4-6H2,1-3H3,(H,13,14)(H,15,16)(H,17,18);1H. The topological polar surface area (TPSA) is 112 Å². The first-order valence-electron chi connectivity index (χ1n) is 6.05. The van der Waals surface area contributed by atoms with E-state index in [1.807, 2.05) is 0 Å². The van der Waals surface area contributed by atoms with Crippen LogP contribution in [0.25, 0.3) is 0 Å². The van der Waals surface area contributed by atoms with Crippen molar-refractivity contribution >= 4 is 38.2 Å². The Labute approximate surface area is 125 Å². The Balaban J connectivity index is 0. The fourth-order valence-corrected chi connectivity index (χ4v) is 4.86. The summed E-state index contributed by atoms with van der Waals surface area (Å²) in [6, 6.07) is 0. The lowest BCUT2D eigenvalue weighted by Gasteiger charge is -2.23. The Morgan fingerprint density at radius 1 is 0.750 bits per heavy atom. The summed E-state index contributed by atoms with van der Waals surface area (Å²) in [7, 11) is -0.919. The van der Waals surface area contributed by atoms with E-state index in [9.17, 15) is 14.4 Å². The Kier molecular flexibility index (Phi) is 10.7. The van der Waals surface area contributed by atoms with Crippen LogP contribution in [0, 0.1) is 17.8 Å². The number of rotatable bonds is 9. The zero-order chi connectivity index (χ0) is 15.2. The molecule has 0 amide bonds. The summed E-state index contributed by atoms with van der Waals surface area (Å²) in [6.07, 6.45) is 1.08. The van der Waals surface area contributed by atoms with E-state index in [0.717, 1.165) is 0 Å². The van der Waals surface area contributed by atoms with Crippen molar-refractivity contribution in [3.63, 3.8) is 0 Å². The van der Waals surface area contributed by atoms with Gasteiger partial charge in [0.25, 0.3) is 0 Å². The SMILES string of the molecule is CC(CP(CC(C)C(=O)O)CC(C)C(=O)O)C(=O)O.Cl. The van der Waals surface area contributed by atoms with Gasteiger partial charge in [-0.15, -0.1) is 20.3 Å². The van der Waals surface area contributed by atoms with Gasteiger partial charge in [-0.2, -0.15) is 0 Å². The molecule has 0 bridgehead atoms. The number of carboxylic acids is 3. The predicted molar refractivity (Wildman–Crippen MR) is 79.2 cm³/mol. The molecule has 0 fully saturated rings. The van der Waals surface area contributed by atoms with Crippen molar-refractivity contribution in [2.75, 3.05) is 18.5 Å². The van der Waals surface area contributed by atoms with Gasteiger partial charge in [-0.3, -0.25) is 14.4 Å². The van der Waals surface area contributed by atoms with Crippen LogP contribution in [0.15, 0.2) is 0 Å². The van der Waals surface area contributed by atoms with Gasteiger partial charge in [-0.25, -0.2) is 0 Å². The van der Waals surface area contributed by atoms with Gasteiger partial charge in [-0.1, -0.05) is 20.8 Å². The lowest BCUT2D eigenvalue weighted by atomic mass is 10.2. The van der Waals surface area contributed by atoms with Crippen LogP contribution in [-0.2, 0) is 14.4 Å². The fraction of sp³-hybridized carbons (Fsp3) is 0.750. The van der Waals surface area contributed by atoms with Crippen molar-refractivity contribution in [3.05, 3.63) is 0 Å². The smallest absolute Gasteiger partial charge is 0.306 e. The molecule has 0 radical (unpaired) electrons. The minimum absolute atomic E-state index is 0. The van der Waals surface area contributed by atoms with Crippen molar-refractivity contribution in [1.82, 2.24) is 0 Å². The molecule has 6 nitrogen and oxygen atoms in total. The molecule has 118 valence electrons. The normalized spacial score (nSPS) is 16.4. The molecule has 3 unspecified atom stereocenters. The first-order chi connectivity index (χ1) is 8.65. The number of halogens is 1. The summed E-state index contributed by atoms with van der Waals surface area (Å²) >= 11 is 0. The molecule has 3 atom stereocenters. The van der Waals surface area contributed by atoms with Gasteiger partial charge in [0.2, 0.25) is 0 Å². The molecule has 0 aromatic rings. The summed E-state index contributed by atoms with van der Waals surface area (Å²) < 4.78 is 0. The lowest BCUT2D eigenvalue weighted by Crippen LogP contribution is -2.22. The van der Waals surface area contributed by atoms with Gasteiger partial charge in [0.05, 0.1) is 17.8 Å². The number of aliphatic carboxylic acids is 3. The highest BCUT2D eigenvalue weighted by atomic mass is 35.5. The zero-order valence-electron chi connectivity index (χ0n) is 11.8. The van der Waals surface area contributed by atoms with Gasteiger partial charge >= 0.3 is 17.9 Å². The molecule has 0 aliphatic carbocycles. The third kappa shape index (κ3) is 8.33. The quantitative estimate of drug-likeness (QED) is 0.558. The molecule has 0 aromatic heterocycles. The first-order valence-corrected chi connectivity index (χ1v) is 7.95. The molecule has 0 heterocycles. The predicted octanol–water partition coefficient (Wildman–Crippen LogP) is 2.05. The molecule has 0 aliphatic heterocycles. The van der Waals surface area contributed by atoms with Crippen molar-refractivity contribution in [2.24, 2.45) is 17.8 Å². The van der Waals surface area contributed by atoms with Crippen molar-refractivity contribution in [3.8, 4) is 0 Å². The summed E-state index contributed by atoms with van der Waals surface area (Å²) in [5, 5.41) is 26.7. The summed E-state index contributed by atoms with van der Waals surface area (Å²) in [5.74, 6) is -4.52. The fourth-order valence-electron chi connectivity index (χ4n) is 1.62. The van der Waals surface area contributed by atoms with Crippen molar-refractivity contribution < 1.29 is 29.7 Å². The van der Waals surface area contributed by atoms with Crippen LogP contribution < -0.4 is 0 Å². The van der Waals surface area contributed by atoms with E-state index in [-0.39, 0.29) is 12.4 Å². The molecule has 0 spiro atoms. The van der Waals surface area contributed by atoms with E-state index in [2.05, 4.69) is 0 Å². The van der Waals surface area contributed by atoms with E-state index < -0.39 is 43.6 Å². The second-order valence-electron chi connectivity index (χ2n) is 4.94. The molecular weight excluding hydrogens is 307 g/mol. The maximum absolute atomic E-state index is 10.9. The van der Waals surface area contributed by atoms with E-state index in [1.54, 1.807) is 20.8 Å². The molecule has 0 aliphatic rings. The number of carboxylic acid groups (broad SMARTS) is 3. The van der Waals surface area contributed by atoms with E-state index >= 15 is 0 Å². The third-order valence-corrected chi connectivity index (χ3v) is 6.05. The average molecular weight is 329 g/mol. The minimum Gasteiger partial charge on any atom is -0.481 e. The molecule has 8 heteroatoms. The van der Waals surface area contributed by atoms with Crippen LogP contribution in [-0.4, -0.2) is 51.7 Å². The third-order valence-electron chi connectivity index (χ3n) is 2.86. The highest BCUT2D eigenvalue weighted by molar-refractivity contribution is 7.57. The second-order valence-corrected chi connectivity index (χ2v) is 7.37. The molecular formula is C12H22ClO6P. The van der Waals surface area contributed by atoms with Gasteiger partial charge in [0.15, 0.2) is 0 Å². The highest BCUT2D eigenvalue weighted by Crippen LogP contribution is 2.41. The largest absolute Gasteiger partial charge is 0.481 e. The molecule has 3 N–H and O–H groups in total. The molecule has 20 heavy (non-hydrogen) atoms. The Hall–Kier alpha value is -0.870. The lowest BCUT2D eigenvalue weighted by molar-refractivity contribution is -0.141. The van der Waals surface area contributed by atoms with Crippen molar-refractivity contribution in [2.45, 2.75) is 20.8 Å². The van der Waals surface area contributed by atoms with E-state index in [0.29, 0.717) is 18.5 Å². The van der Waals surface area contributed by atoms with Crippen LogP contribution in [0.5, 0.6) is 0 Å². The first kappa shape index (κ1) is 21.4. The maximum Gasteiger partial charge on any atom is 0.306 e. The van der Waals surface area contributed by atoms with Gasteiger partial charge in [0, 0.05) is 0 Å². The monoisotopic (exact) mass is 328 g/mol. The summed E-state index contributed by atoms with van der Waals surface area (Å²) in [6.45, 7) is 4.69. The Bertz CT molecular complexity index is 297. The van der Waals surface area contributed by atoms with Crippen LogP contribution >= 0.6 is 20.3 Å². The minimum atomic E-state index is -0.932. The van der Waals surface area contributed by atoms with Crippen LogP contribution in [0.1, 0.15) is 20.8 Å². The van der Waals surface area contributed by atoms with Gasteiger partial charge in [-0.05, 0) is 18.5 Å². The zero-order valence-corrected chi connectivity index (χ0v) is 13.5. The number of hydrogen-bond donors (Lipinski definition) is 3. The number of carbonyl (C=O) groups is 3. The summed E-state index contributed by atoms with van der Waals surface area (Å²) in [4.78, 5) is 32.6. The Morgan fingerprint density at radius 2 is 0.950 bits per heavy atom. The van der Waals surface area contributed by atoms with E-state index in [1.165, 1.54) is 0 Å². The van der Waals surface area contributed by atoms with E-state index in [4.69, 9.17) is 15.3 Å². The van der Waals surface area contributed by atoms with Crippen LogP contribution in [0.3, 0.4) is 0 Å². The van der Waals surface area contributed by atoms with Crippen LogP contribution in [0.4, 0.5) is 0 Å². The Morgan fingerprint density at radius 3 is 1.10 bits per heavy atom. The van der Waals surface area contributed by atoms with Gasteiger partial charge < -0.3 is 15.3 Å². The molecule has 0 saturated carbocycles.